The Labute approximate surface area is 109 Å². The van der Waals surface area contributed by atoms with Crippen molar-refractivity contribution < 1.29 is 5.11 Å². The Balaban J connectivity index is 3.09. The summed E-state index contributed by atoms with van der Waals surface area (Å²) in [6.45, 7) is 4.90. The molecule has 1 rings (SSSR count). The zero-order chi connectivity index (χ0) is 13.5. The number of nitriles is 1. The second-order valence-corrected chi connectivity index (χ2v) is 4.27. The predicted molar refractivity (Wildman–Crippen MR) is 74.4 cm³/mol. The number of rotatable bonds is 6. The third-order valence-electron chi connectivity index (χ3n) is 3.19. The molecule has 1 aromatic carbocycles. The normalized spacial score (nSPS) is 10.4. The van der Waals surface area contributed by atoms with Crippen LogP contribution in [-0.2, 0) is 0 Å². The minimum absolute atomic E-state index is 0.0932. The van der Waals surface area contributed by atoms with E-state index in [-0.39, 0.29) is 6.61 Å². The van der Waals surface area contributed by atoms with E-state index in [1.807, 2.05) is 6.07 Å². The van der Waals surface area contributed by atoms with Crippen LogP contribution in [0.25, 0.3) is 0 Å². The number of nitrogens with two attached hydrogens (primary N) is 1. The van der Waals surface area contributed by atoms with Crippen LogP contribution in [0.3, 0.4) is 0 Å². The molecule has 0 bridgehead atoms. The molecule has 98 valence electrons. The first-order chi connectivity index (χ1) is 8.67. The summed E-state index contributed by atoms with van der Waals surface area (Å²) in [4.78, 5) is 2.12. The minimum Gasteiger partial charge on any atom is -0.397 e. The molecule has 0 fully saturated rings. The molecule has 0 saturated heterocycles. The Bertz CT molecular complexity index is 422. The van der Waals surface area contributed by atoms with Gasteiger partial charge in [0.2, 0.25) is 0 Å². The van der Waals surface area contributed by atoms with E-state index in [2.05, 4.69) is 24.8 Å². The highest BCUT2D eigenvalue weighted by molar-refractivity contribution is 5.70. The molecule has 0 spiro atoms. The van der Waals surface area contributed by atoms with Crippen LogP contribution >= 0.6 is 0 Å². The van der Waals surface area contributed by atoms with E-state index in [9.17, 15) is 5.11 Å². The summed E-state index contributed by atoms with van der Waals surface area (Å²) in [5.41, 5.74) is 8.05. The number of anilines is 2. The van der Waals surface area contributed by atoms with Gasteiger partial charge in [0.15, 0.2) is 0 Å². The Hall–Kier alpha value is -1.73. The first-order valence-corrected chi connectivity index (χ1v) is 6.35. The van der Waals surface area contributed by atoms with E-state index in [1.165, 1.54) is 0 Å². The van der Waals surface area contributed by atoms with Crippen molar-refractivity contribution in [1.82, 2.24) is 0 Å². The topological polar surface area (TPSA) is 73.3 Å². The molecule has 0 aliphatic carbocycles. The monoisotopic (exact) mass is 247 g/mol. The zero-order valence-corrected chi connectivity index (χ0v) is 11.1. The maximum absolute atomic E-state index is 9.19. The molecule has 0 atom stereocenters. The van der Waals surface area contributed by atoms with Crippen LogP contribution < -0.4 is 10.6 Å². The highest BCUT2D eigenvalue weighted by Crippen LogP contribution is 2.27. The SMILES string of the molecule is CCC(CC)N(CCO)c1ccc(C#N)cc1N. The molecule has 0 saturated carbocycles. The fraction of sp³-hybridized carbons (Fsp3) is 0.500. The number of aliphatic hydroxyl groups is 1. The molecule has 0 amide bonds. The quantitative estimate of drug-likeness (QED) is 0.755. The highest BCUT2D eigenvalue weighted by atomic mass is 16.3. The van der Waals surface area contributed by atoms with Gasteiger partial charge < -0.3 is 15.7 Å². The Kier molecular flexibility index (Phi) is 5.47. The highest BCUT2D eigenvalue weighted by Gasteiger charge is 2.17. The molecular formula is C14H21N3O. The van der Waals surface area contributed by atoms with Gasteiger partial charge in [0.05, 0.1) is 29.6 Å². The number of benzene rings is 1. The Morgan fingerprint density at radius 1 is 1.39 bits per heavy atom. The van der Waals surface area contributed by atoms with E-state index in [0.717, 1.165) is 18.5 Å². The van der Waals surface area contributed by atoms with Crippen LogP contribution in [0.2, 0.25) is 0 Å². The summed E-state index contributed by atoms with van der Waals surface area (Å²) in [5.74, 6) is 0. The summed E-state index contributed by atoms with van der Waals surface area (Å²) in [6.07, 6.45) is 1.99. The van der Waals surface area contributed by atoms with Gasteiger partial charge in [0.1, 0.15) is 0 Å². The van der Waals surface area contributed by atoms with Crippen molar-refractivity contribution >= 4 is 11.4 Å². The van der Waals surface area contributed by atoms with Gasteiger partial charge in [-0.25, -0.2) is 0 Å². The molecule has 1 aromatic rings. The molecular weight excluding hydrogens is 226 g/mol. The van der Waals surface area contributed by atoms with Crippen LogP contribution in [0.15, 0.2) is 18.2 Å². The van der Waals surface area contributed by atoms with Crippen LogP contribution in [0, 0.1) is 11.3 Å². The van der Waals surface area contributed by atoms with Gasteiger partial charge >= 0.3 is 0 Å². The number of nitrogen functional groups attached to an aromatic ring is 1. The van der Waals surface area contributed by atoms with Gasteiger partial charge in [-0.1, -0.05) is 13.8 Å². The van der Waals surface area contributed by atoms with Gasteiger partial charge in [0, 0.05) is 12.6 Å². The van der Waals surface area contributed by atoms with Crippen LogP contribution in [0.5, 0.6) is 0 Å². The molecule has 0 unspecified atom stereocenters. The maximum Gasteiger partial charge on any atom is 0.0992 e. The van der Waals surface area contributed by atoms with Gasteiger partial charge in [-0.2, -0.15) is 5.26 Å². The fourth-order valence-electron chi connectivity index (χ4n) is 2.22. The van der Waals surface area contributed by atoms with Gasteiger partial charge in [-0.3, -0.25) is 0 Å². The van der Waals surface area contributed by atoms with Crippen molar-refractivity contribution in [3.05, 3.63) is 23.8 Å². The third kappa shape index (κ3) is 3.14. The smallest absolute Gasteiger partial charge is 0.0992 e. The Morgan fingerprint density at radius 2 is 2.06 bits per heavy atom. The zero-order valence-electron chi connectivity index (χ0n) is 11.1. The van der Waals surface area contributed by atoms with Crippen molar-refractivity contribution in [2.75, 3.05) is 23.8 Å². The van der Waals surface area contributed by atoms with Crippen molar-refractivity contribution in [2.45, 2.75) is 32.7 Å². The summed E-state index contributed by atoms with van der Waals surface area (Å²) in [5, 5.41) is 18.0. The van der Waals surface area contributed by atoms with Gasteiger partial charge in [-0.05, 0) is 31.0 Å². The summed E-state index contributed by atoms with van der Waals surface area (Å²) < 4.78 is 0. The average Bonchev–Trinajstić information content (AvgIpc) is 2.39. The van der Waals surface area contributed by atoms with E-state index >= 15 is 0 Å². The molecule has 0 aromatic heterocycles. The van der Waals surface area contributed by atoms with Crippen LogP contribution in [-0.4, -0.2) is 24.3 Å². The summed E-state index contributed by atoms with van der Waals surface area (Å²) >= 11 is 0. The van der Waals surface area contributed by atoms with Crippen molar-refractivity contribution in [3.63, 3.8) is 0 Å². The van der Waals surface area contributed by atoms with E-state index < -0.39 is 0 Å². The van der Waals surface area contributed by atoms with E-state index in [1.54, 1.807) is 12.1 Å². The second-order valence-electron chi connectivity index (χ2n) is 4.27. The lowest BCUT2D eigenvalue weighted by Crippen LogP contribution is -2.37. The number of aliphatic hydroxyl groups excluding tert-OH is 1. The summed E-state index contributed by atoms with van der Waals surface area (Å²) in [6, 6.07) is 7.74. The Morgan fingerprint density at radius 3 is 2.50 bits per heavy atom. The molecule has 3 N–H and O–H groups in total. The van der Waals surface area contributed by atoms with Gasteiger partial charge in [-0.15, -0.1) is 0 Å². The number of nitrogens with zero attached hydrogens (tertiary/aromatic N) is 2. The predicted octanol–water partition coefficient (Wildman–Crippen LogP) is 2.13. The molecule has 0 radical (unpaired) electrons. The molecule has 4 heteroatoms. The molecule has 18 heavy (non-hydrogen) atoms. The van der Waals surface area contributed by atoms with Crippen molar-refractivity contribution in [3.8, 4) is 6.07 Å². The first kappa shape index (κ1) is 14.3. The molecule has 0 heterocycles. The van der Waals surface area contributed by atoms with E-state index in [0.29, 0.717) is 23.8 Å². The summed E-state index contributed by atoms with van der Waals surface area (Å²) in [7, 11) is 0. The number of hydrogen-bond acceptors (Lipinski definition) is 4. The fourth-order valence-corrected chi connectivity index (χ4v) is 2.22. The van der Waals surface area contributed by atoms with Crippen molar-refractivity contribution in [1.29, 1.82) is 5.26 Å². The minimum atomic E-state index is 0.0932. The average molecular weight is 247 g/mol. The third-order valence-corrected chi connectivity index (χ3v) is 3.19. The van der Waals surface area contributed by atoms with Crippen molar-refractivity contribution in [2.24, 2.45) is 0 Å². The lowest BCUT2D eigenvalue weighted by atomic mass is 10.1. The number of hydrogen-bond donors (Lipinski definition) is 2. The molecule has 0 aliphatic rings. The van der Waals surface area contributed by atoms with E-state index in [4.69, 9.17) is 11.0 Å². The first-order valence-electron chi connectivity index (χ1n) is 6.35. The lowest BCUT2D eigenvalue weighted by Gasteiger charge is -2.33. The molecule has 4 nitrogen and oxygen atoms in total. The van der Waals surface area contributed by atoms with Gasteiger partial charge in [0.25, 0.3) is 0 Å². The van der Waals surface area contributed by atoms with Crippen LogP contribution in [0.4, 0.5) is 11.4 Å². The standard InChI is InChI=1S/C14H21N3O/c1-3-12(4-2)17(7-8-18)14-6-5-11(10-15)9-13(14)16/h5-6,9,12,18H,3-4,7-8,16H2,1-2H3. The lowest BCUT2D eigenvalue weighted by molar-refractivity contribution is 0.296. The second kappa shape index (κ2) is 6.87. The largest absolute Gasteiger partial charge is 0.397 e. The maximum atomic E-state index is 9.19. The molecule has 0 aliphatic heterocycles. The van der Waals surface area contributed by atoms with Crippen LogP contribution in [0.1, 0.15) is 32.3 Å².